The maximum atomic E-state index is 13.3. The van der Waals surface area contributed by atoms with Crippen LogP contribution in [0.1, 0.15) is 51.2 Å². The number of benzene rings is 2. The van der Waals surface area contributed by atoms with Gasteiger partial charge in [0.2, 0.25) is 0 Å². The van der Waals surface area contributed by atoms with Gasteiger partial charge in [0.05, 0.1) is 0 Å². The Hall–Kier alpha value is -3.31. The van der Waals surface area contributed by atoms with Crippen molar-refractivity contribution in [2.75, 3.05) is 18.5 Å². The molecule has 0 N–H and O–H groups in total. The Bertz CT molecular complexity index is 1060. The minimum atomic E-state index is -0.250. The molecule has 0 saturated heterocycles. The van der Waals surface area contributed by atoms with Crippen molar-refractivity contribution in [3.8, 4) is 0 Å². The van der Waals surface area contributed by atoms with Crippen molar-refractivity contribution in [3.05, 3.63) is 70.1 Å². The molecule has 0 spiro atoms. The van der Waals surface area contributed by atoms with Gasteiger partial charge in [-0.3, -0.25) is 9.79 Å². The van der Waals surface area contributed by atoms with Gasteiger partial charge < -0.3 is 9.64 Å². The molecule has 7 nitrogen and oxygen atoms in total. The first-order valence-electron chi connectivity index (χ1n) is 12.0. The molecule has 0 aromatic heterocycles. The van der Waals surface area contributed by atoms with Gasteiger partial charge in [-0.1, -0.05) is 74.8 Å². The molecule has 1 aliphatic rings. The third kappa shape index (κ3) is 6.17. The Morgan fingerprint density at radius 1 is 1.18 bits per heavy atom. The van der Waals surface area contributed by atoms with Crippen LogP contribution in [0.5, 0.6) is 0 Å². The summed E-state index contributed by atoms with van der Waals surface area (Å²) in [4.78, 5) is 22.6. The molecular weight excluding hydrogens is 426 g/mol. The summed E-state index contributed by atoms with van der Waals surface area (Å²) >= 11 is 0. The van der Waals surface area contributed by atoms with Crippen LogP contribution in [0.4, 0.5) is 11.4 Å². The van der Waals surface area contributed by atoms with Crippen molar-refractivity contribution < 1.29 is 9.53 Å². The van der Waals surface area contributed by atoms with Gasteiger partial charge in [-0.15, -0.1) is 0 Å². The molecule has 0 amide bonds. The number of aliphatic imine (C=N–C) groups is 1. The molecule has 2 aromatic carbocycles. The fourth-order valence-corrected chi connectivity index (χ4v) is 4.86. The average Bonchev–Trinajstić information content (AvgIpc) is 2.80. The maximum absolute atomic E-state index is 13.3. The largest absolute Gasteiger partial charge is 0.461 e. The van der Waals surface area contributed by atoms with E-state index in [-0.39, 0.29) is 18.6 Å². The standard InChI is InChI=1S/C27H35N5O2/c1-18(2)23-15-10-19(3)16-25(23)34-26(33)17-32(24-9-7-6-8-20(24)4)27(29-5)21-11-13-22(14-12-21)30-31-28/h6-9,11-14,18-19,23,25H,10,15-17H2,1-5H3/t19-,23+,25-/m1/s1. The van der Waals surface area contributed by atoms with Crippen LogP contribution in [0.15, 0.2) is 58.6 Å². The van der Waals surface area contributed by atoms with Crippen molar-refractivity contribution in [1.82, 2.24) is 0 Å². The van der Waals surface area contributed by atoms with E-state index in [4.69, 9.17) is 10.3 Å². The Morgan fingerprint density at radius 3 is 2.50 bits per heavy atom. The van der Waals surface area contributed by atoms with Crippen molar-refractivity contribution in [1.29, 1.82) is 0 Å². The fraction of sp³-hybridized carbons (Fsp3) is 0.481. The molecule has 1 aliphatic carbocycles. The van der Waals surface area contributed by atoms with Crippen LogP contribution in [0.2, 0.25) is 0 Å². The predicted octanol–water partition coefficient (Wildman–Crippen LogP) is 6.82. The fourth-order valence-electron chi connectivity index (χ4n) is 4.86. The predicted molar refractivity (Wildman–Crippen MR) is 137 cm³/mol. The molecule has 0 heterocycles. The number of esters is 1. The van der Waals surface area contributed by atoms with Crippen molar-refractivity contribution in [2.24, 2.45) is 27.9 Å². The van der Waals surface area contributed by atoms with Gasteiger partial charge in [0.1, 0.15) is 18.5 Å². The Kier molecular flexibility index (Phi) is 8.72. The van der Waals surface area contributed by atoms with Gasteiger partial charge in [0.15, 0.2) is 0 Å². The molecule has 1 fully saturated rings. The minimum Gasteiger partial charge on any atom is -0.461 e. The first-order chi connectivity index (χ1) is 16.3. The second-order valence-electron chi connectivity index (χ2n) is 9.51. The molecule has 0 radical (unpaired) electrons. The first-order valence-corrected chi connectivity index (χ1v) is 12.0. The van der Waals surface area contributed by atoms with E-state index < -0.39 is 0 Å². The summed E-state index contributed by atoms with van der Waals surface area (Å²) in [6, 6.07) is 15.1. The summed E-state index contributed by atoms with van der Waals surface area (Å²) in [5.74, 6) is 1.82. The van der Waals surface area contributed by atoms with Gasteiger partial charge in [0.25, 0.3) is 0 Å². The van der Waals surface area contributed by atoms with E-state index in [9.17, 15) is 4.79 Å². The lowest BCUT2D eigenvalue weighted by Crippen LogP contribution is -2.41. The molecule has 180 valence electrons. The third-order valence-electron chi connectivity index (χ3n) is 6.69. The van der Waals surface area contributed by atoms with Crippen LogP contribution in [-0.4, -0.2) is 31.5 Å². The summed E-state index contributed by atoms with van der Waals surface area (Å²) in [5, 5.41) is 3.64. The summed E-state index contributed by atoms with van der Waals surface area (Å²) in [6.45, 7) is 8.74. The van der Waals surface area contributed by atoms with E-state index in [1.54, 1.807) is 19.2 Å². The van der Waals surface area contributed by atoms with Crippen molar-refractivity contribution in [3.63, 3.8) is 0 Å². The quantitative estimate of drug-likeness (QED) is 0.113. The maximum Gasteiger partial charge on any atom is 0.326 e. The normalized spacial score (nSPS) is 20.5. The van der Waals surface area contributed by atoms with Gasteiger partial charge in [-0.05, 0) is 54.7 Å². The van der Waals surface area contributed by atoms with Crippen LogP contribution < -0.4 is 4.90 Å². The van der Waals surface area contributed by atoms with E-state index in [2.05, 4.69) is 35.8 Å². The number of anilines is 1. The summed E-state index contributed by atoms with van der Waals surface area (Å²) in [7, 11) is 1.71. The van der Waals surface area contributed by atoms with Gasteiger partial charge in [-0.2, -0.15) is 0 Å². The molecule has 2 aromatic rings. The van der Waals surface area contributed by atoms with Crippen LogP contribution in [0, 0.1) is 24.7 Å². The van der Waals surface area contributed by atoms with Gasteiger partial charge >= 0.3 is 5.97 Å². The van der Waals surface area contributed by atoms with E-state index in [1.807, 2.05) is 48.2 Å². The lowest BCUT2D eigenvalue weighted by atomic mass is 9.75. The molecule has 3 atom stereocenters. The second-order valence-corrected chi connectivity index (χ2v) is 9.51. The number of rotatable bonds is 7. The molecular formula is C27H35N5O2. The van der Waals surface area contributed by atoms with Gasteiger partial charge in [-0.25, -0.2) is 0 Å². The highest BCUT2D eigenvalue weighted by Gasteiger charge is 2.34. The summed E-state index contributed by atoms with van der Waals surface area (Å²) in [6.07, 6.45) is 3.14. The SMILES string of the molecule is CN=C(c1ccc(N=[N+]=[N-])cc1)N(CC(=O)O[C@@H]1C[C@H](C)CC[C@H]1C(C)C)c1ccccc1C. The van der Waals surface area contributed by atoms with Crippen LogP contribution in [0.25, 0.3) is 10.4 Å². The molecule has 0 aliphatic heterocycles. The zero-order chi connectivity index (χ0) is 24.7. The number of hydrogen-bond donors (Lipinski definition) is 0. The number of carbonyl (C=O) groups is 1. The number of carbonyl (C=O) groups excluding carboxylic acids is 1. The minimum absolute atomic E-state index is 0.0555. The van der Waals surface area contributed by atoms with Crippen molar-refractivity contribution >= 4 is 23.2 Å². The first kappa shape index (κ1) is 25.3. The van der Waals surface area contributed by atoms with Crippen LogP contribution >= 0.6 is 0 Å². The van der Waals surface area contributed by atoms with E-state index >= 15 is 0 Å². The lowest BCUT2D eigenvalue weighted by molar-refractivity contribution is -0.154. The molecule has 3 rings (SSSR count). The Balaban J connectivity index is 1.89. The van der Waals surface area contributed by atoms with Gasteiger partial charge in [0, 0.05) is 28.9 Å². The number of hydrogen-bond acceptors (Lipinski definition) is 4. The topological polar surface area (TPSA) is 90.7 Å². The molecule has 7 heteroatoms. The highest BCUT2D eigenvalue weighted by molar-refractivity contribution is 6.12. The highest BCUT2D eigenvalue weighted by atomic mass is 16.5. The number of aryl methyl sites for hydroxylation is 1. The molecule has 0 unspecified atom stereocenters. The van der Waals surface area contributed by atoms with E-state index in [0.717, 1.165) is 29.7 Å². The number of para-hydroxylation sites is 1. The molecule has 0 bridgehead atoms. The lowest BCUT2D eigenvalue weighted by Gasteiger charge is -2.37. The van der Waals surface area contributed by atoms with E-state index in [0.29, 0.717) is 29.3 Å². The van der Waals surface area contributed by atoms with Crippen LogP contribution in [0.3, 0.4) is 0 Å². The average molecular weight is 462 g/mol. The zero-order valence-corrected chi connectivity index (χ0v) is 20.8. The highest BCUT2D eigenvalue weighted by Crippen LogP contribution is 2.35. The second kappa shape index (κ2) is 11.7. The Morgan fingerprint density at radius 2 is 1.88 bits per heavy atom. The molecule has 1 saturated carbocycles. The smallest absolute Gasteiger partial charge is 0.326 e. The van der Waals surface area contributed by atoms with Crippen LogP contribution in [-0.2, 0) is 9.53 Å². The monoisotopic (exact) mass is 461 g/mol. The van der Waals surface area contributed by atoms with E-state index in [1.165, 1.54) is 6.42 Å². The number of nitrogens with zero attached hydrogens (tertiary/aromatic N) is 5. The summed E-state index contributed by atoms with van der Waals surface area (Å²) < 4.78 is 6.12. The Labute approximate surface area is 202 Å². The third-order valence-corrected chi connectivity index (χ3v) is 6.69. The number of amidine groups is 1. The van der Waals surface area contributed by atoms with Crippen molar-refractivity contribution in [2.45, 2.75) is 53.1 Å². The molecule has 34 heavy (non-hydrogen) atoms. The summed E-state index contributed by atoms with van der Waals surface area (Å²) in [5.41, 5.74) is 12.0. The zero-order valence-electron chi connectivity index (χ0n) is 20.8. The number of ether oxygens (including phenoxy) is 1. The number of azide groups is 1.